The van der Waals surface area contributed by atoms with Crippen molar-refractivity contribution in [1.29, 1.82) is 0 Å². The summed E-state index contributed by atoms with van der Waals surface area (Å²) in [6.45, 7) is 6.46. The van der Waals surface area contributed by atoms with E-state index in [0.717, 1.165) is 30.8 Å². The summed E-state index contributed by atoms with van der Waals surface area (Å²) in [4.78, 5) is 24.7. The minimum Gasteiger partial charge on any atom is -0.353 e. The van der Waals surface area contributed by atoms with Crippen molar-refractivity contribution in [3.63, 3.8) is 0 Å². The molecule has 0 unspecified atom stereocenters. The molecule has 1 aromatic rings. The van der Waals surface area contributed by atoms with E-state index < -0.39 is 0 Å². The van der Waals surface area contributed by atoms with Crippen LogP contribution in [0.3, 0.4) is 0 Å². The van der Waals surface area contributed by atoms with Gasteiger partial charge in [0.2, 0.25) is 11.8 Å². The molecule has 1 aliphatic heterocycles. The molecule has 0 aromatic heterocycles. The Bertz CT molecular complexity index is 498. The van der Waals surface area contributed by atoms with E-state index in [9.17, 15) is 9.59 Å². The zero-order chi connectivity index (χ0) is 14.5. The third-order valence-corrected chi connectivity index (χ3v) is 3.31. The number of nitrogens with zero attached hydrogens (tertiary/aromatic N) is 1. The van der Waals surface area contributed by atoms with Gasteiger partial charge < -0.3 is 10.2 Å². The number of nitrogens with one attached hydrogen (secondary N) is 2. The van der Waals surface area contributed by atoms with Crippen LogP contribution in [0.2, 0.25) is 0 Å². The Morgan fingerprint density at radius 2 is 1.95 bits per heavy atom. The number of rotatable bonds is 5. The van der Waals surface area contributed by atoms with Gasteiger partial charge in [-0.05, 0) is 37.1 Å². The molecule has 2 amide bonds. The van der Waals surface area contributed by atoms with Gasteiger partial charge in [0.15, 0.2) is 0 Å². The van der Waals surface area contributed by atoms with Gasteiger partial charge in [-0.1, -0.05) is 19.1 Å². The smallest absolute Gasteiger partial charge is 0.246 e. The number of carbonyl (C=O) groups excluding carboxylic acids is 2. The van der Waals surface area contributed by atoms with Gasteiger partial charge in [0.25, 0.3) is 0 Å². The predicted octanol–water partition coefficient (Wildman–Crippen LogP) is 0.957. The lowest BCUT2D eigenvalue weighted by Gasteiger charge is -2.29. The van der Waals surface area contributed by atoms with E-state index in [4.69, 9.17) is 0 Å². The molecule has 1 fully saturated rings. The summed E-state index contributed by atoms with van der Waals surface area (Å²) in [6, 6.07) is 6.14. The minimum atomic E-state index is -0.241. The standard InChI is InChI=1S/C15H21N3O2/c1-3-6-16-8-12-4-5-13(11(2)7-12)18-9-14(19)17-15(20)10-18/h4-5,7,16H,3,6,8-10H2,1-2H3,(H,17,19,20). The number of amides is 2. The zero-order valence-electron chi connectivity index (χ0n) is 12.0. The monoisotopic (exact) mass is 275 g/mol. The van der Waals surface area contributed by atoms with Crippen LogP contribution in [0.25, 0.3) is 0 Å². The molecule has 0 spiro atoms. The number of hydrogen-bond donors (Lipinski definition) is 2. The van der Waals surface area contributed by atoms with Crippen molar-refractivity contribution in [2.24, 2.45) is 0 Å². The molecular weight excluding hydrogens is 254 g/mol. The van der Waals surface area contributed by atoms with Gasteiger partial charge in [-0.25, -0.2) is 0 Å². The first-order valence-corrected chi connectivity index (χ1v) is 6.98. The van der Waals surface area contributed by atoms with Crippen LogP contribution in [-0.2, 0) is 16.1 Å². The zero-order valence-corrected chi connectivity index (χ0v) is 12.0. The van der Waals surface area contributed by atoms with Crippen LogP contribution in [0, 0.1) is 6.92 Å². The molecular formula is C15H21N3O2. The molecule has 1 heterocycles. The van der Waals surface area contributed by atoms with Gasteiger partial charge in [-0.3, -0.25) is 14.9 Å². The Kier molecular flexibility index (Phi) is 4.74. The topological polar surface area (TPSA) is 61.4 Å². The number of anilines is 1. The van der Waals surface area contributed by atoms with Crippen LogP contribution in [0.5, 0.6) is 0 Å². The van der Waals surface area contributed by atoms with Gasteiger partial charge >= 0.3 is 0 Å². The number of benzene rings is 1. The van der Waals surface area contributed by atoms with Crippen molar-refractivity contribution in [3.05, 3.63) is 29.3 Å². The first-order chi connectivity index (χ1) is 9.60. The molecule has 1 aliphatic rings. The van der Waals surface area contributed by atoms with Gasteiger partial charge in [0.1, 0.15) is 0 Å². The third kappa shape index (κ3) is 3.57. The highest BCUT2D eigenvalue weighted by atomic mass is 16.2. The fraction of sp³-hybridized carbons (Fsp3) is 0.467. The summed E-state index contributed by atoms with van der Waals surface area (Å²) in [5.41, 5.74) is 3.25. The van der Waals surface area contributed by atoms with Gasteiger partial charge in [0.05, 0.1) is 13.1 Å². The number of imide groups is 1. The summed E-state index contributed by atoms with van der Waals surface area (Å²) < 4.78 is 0. The normalized spacial score (nSPS) is 15.4. The van der Waals surface area contributed by atoms with E-state index in [0.29, 0.717) is 0 Å². The molecule has 2 N–H and O–H groups in total. The van der Waals surface area contributed by atoms with E-state index in [2.05, 4.69) is 23.6 Å². The Labute approximate surface area is 119 Å². The van der Waals surface area contributed by atoms with Crippen molar-refractivity contribution in [3.8, 4) is 0 Å². The van der Waals surface area contributed by atoms with E-state index in [1.165, 1.54) is 5.56 Å². The third-order valence-electron chi connectivity index (χ3n) is 3.31. The predicted molar refractivity (Wildman–Crippen MR) is 78.5 cm³/mol. The molecule has 5 nitrogen and oxygen atoms in total. The van der Waals surface area contributed by atoms with Crippen molar-refractivity contribution < 1.29 is 9.59 Å². The average molecular weight is 275 g/mol. The summed E-state index contributed by atoms with van der Waals surface area (Å²) in [6.07, 6.45) is 1.11. The number of carbonyl (C=O) groups is 2. The summed E-state index contributed by atoms with van der Waals surface area (Å²) in [5.74, 6) is -0.483. The lowest BCUT2D eigenvalue weighted by atomic mass is 10.1. The molecule has 1 saturated heterocycles. The largest absolute Gasteiger partial charge is 0.353 e. The van der Waals surface area contributed by atoms with Crippen LogP contribution < -0.4 is 15.5 Å². The highest BCUT2D eigenvalue weighted by Crippen LogP contribution is 2.22. The van der Waals surface area contributed by atoms with Crippen LogP contribution >= 0.6 is 0 Å². The number of piperazine rings is 1. The lowest BCUT2D eigenvalue weighted by Crippen LogP contribution is -2.51. The summed E-state index contributed by atoms with van der Waals surface area (Å²) >= 11 is 0. The molecule has 0 radical (unpaired) electrons. The fourth-order valence-corrected chi connectivity index (χ4v) is 2.40. The quantitative estimate of drug-likeness (QED) is 0.620. The molecule has 20 heavy (non-hydrogen) atoms. The van der Waals surface area contributed by atoms with Gasteiger partial charge in [0, 0.05) is 12.2 Å². The second-order valence-corrected chi connectivity index (χ2v) is 5.13. The first kappa shape index (κ1) is 14.5. The van der Waals surface area contributed by atoms with Gasteiger partial charge in [-0.15, -0.1) is 0 Å². The van der Waals surface area contributed by atoms with E-state index in [1.807, 2.05) is 24.0 Å². The molecule has 0 aliphatic carbocycles. The Morgan fingerprint density at radius 1 is 1.25 bits per heavy atom. The van der Waals surface area contributed by atoms with Crippen LogP contribution in [0.15, 0.2) is 18.2 Å². The first-order valence-electron chi connectivity index (χ1n) is 6.98. The molecule has 108 valence electrons. The van der Waals surface area contributed by atoms with E-state index in [-0.39, 0.29) is 24.9 Å². The van der Waals surface area contributed by atoms with Crippen molar-refractivity contribution in [2.45, 2.75) is 26.8 Å². The maximum absolute atomic E-state index is 11.4. The maximum atomic E-state index is 11.4. The minimum absolute atomic E-state index is 0.236. The van der Waals surface area contributed by atoms with Crippen LogP contribution in [-0.4, -0.2) is 31.4 Å². The summed E-state index contributed by atoms with van der Waals surface area (Å²) in [5, 5.41) is 5.67. The molecule has 1 aromatic carbocycles. The second kappa shape index (κ2) is 6.52. The molecule has 0 atom stereocenters. The Hall–Kier alpha value is -1.88. The highest BCUT2D eigenvalue weighted by Gasteiger charge is 2.23. The van der Waals surface area contributed by atoms with Crippen molar-refractivity contribution in [2.75, 3.05) is 24.5 Å². The van der Waals surface area contributed by atoms with E-state index >= 15 is 0 Å². The lowest BCUT2D eigenvalue weighted by molar-refractivity contribution is -0.130. The SMILES string of the molecule is CCCNCc1ccc(N2CC(=O)NC(=O)C2)c(C)c1. The number of hydrogen-bond acceptors (Lipinski definition) is 4. The van der Waals surface area contributed by atoms with Crippen molar-refractivity contribution in [1.82, 2.24) is 10.6 Å². The van der Waals surface area contributed by atoms with Gasteiger partial charge in [-0.2, -0.15) is 0 Å². The average Bonchev–Trinajstić information content (AvgIpc) is 2.38. The van der Waals surface area contributed by atoms with Crippen LogP contribution in [0.1, 0.15) is 24.5 Å². The maximum Gasteiger partial charge on any atom is 0.246 e. The molecule has 0 bridgehead atoms. The molecule has 5 heteroatoms. The number of aryl methyl sites for hydroxylation is 1. The Morgan fingerprint density at radius 3 is 2.55 bits per heavy atom. The van der Waals surface area contributed by atoms with Crippen LogP contribution in [0.4, 0.5) is 5.69 Å². The molecule has 2 rings (SSSR count). The van der Waals surface area contributed by atoms with E-state index in [1.54, 1.807) is 0 Å². The summed E-state index contributed by atoms with van der Waals surface area (Å²) in [7, 11) is 0. The highest BCUT2D eigenvalue weighted by molar-refractivity contribution is 6.02. The van der Waals surface area contributed by atoms with Crippen molar-refractivity contribution >= 4 is 17.5 Å². The second-order valence-electron chi connectivity index (χ2n) is 5.13. The fourth-order valence-electron chi connectivity index (χ4n) is 2.40. The Balaban J connectivity index is 2.09. The molecule has 0 saturated carbocycles.